The lowest BCUT2D eigenvalue weighted by Gasteiger charge is -2.33. The predicted molar refractivity (Wildman–Crippen MR) is 70.3 cm³/mol. The minimum Gasteiger partial charge on any atom is -0.321 e. The fourth-order valence-corrected chi connectivity index (χ4v) is 2.33. The van der Waals surface area contributed by atoms with Crippen LogP contribution in [0.5, 0.6) is 0 Å². The minimum atomic E-state index is -0.649. The second kappa shape index (κ2) is 5.24. The summed E-state index contributed by atoms with van der Waals surface area (Å²) < 4.78 is 13.6. The molecule has 3 nitrogen and oxygen atoms in total. The van der Waals surface area contributed by atoms with Gasteiger partial charge in [0.2, 0.25) is 5.91 Å². The maximum absolute atomic E-state index is 13.6. The molecule has 98 valence electrons. The number of piperidine rings is 1. The van der Waals surface area contributed by atoms with Gasteiger partial charge in [-0.2, -0.15) is 0 Å². The van der Waals surface area contributed by atoms with Crippen LogP contribution < -0.4 is 10.6 Å². The van der Waals surface area contributed by atoms with Crippen LogP contribution >= 0.6 is 11.6 Å². The summed E-state index contributed by atoms with van der Waals surface area (Å²) in [5.41, 5.74) is -0.595. The molecule has 1 unspecified atom stereocenters. The molecule has 2 N–H and O–H groups in total. The Kier molecular flexibility index (Phi) is 3.88. The maximum atomic E-state index is 13.6. The van der Waals surface area contributed by atoms with Crippen molar-refractivity contribution < 1.29 is 9.18 Å². The summed E-state index contributed by atoms with van der Waals surface area (Å²) in [6.07, 6.45) is 2.79. The number of benzene rings is 1. The van der Waals surface area contributed by atoms with E-state index in [4.69, 9.17) is 11.6 Å². The third-order valence-corrected chi connectivity index (χ3v) is 3.64. The third-order valence-electron chi connectivity index (χ3n) is 3.32. The van der Waals surface area contributed by atoms with Crippen molar-refractivity contribution in [2.24, 2.45) is 0 Å². The van der Waals surface area contributed by atoms with E-state index in [1.165, 1.54) is 12.1 Å². The lowest BCUT2D eigenvalue weighted by atomic mass is 9.90. The van der Waals surface area contributed by atoms with Gasteiger partial charge in [0, 0.05) is 0 Å². The summed E-state index contributed by atoms with van der Waals surface area (Å²) in [5, 5.41) is 5.97. The van der Waals surface area contributed by atoms with E-state index in [1.54, 1.807) is 6.07 Å². The van der Waals surface area contributed by atoms with Crippen LogP contribution in [0.3, 0.4) is 0 Å². The molecule has 1 aliphatic heterocycles. The van der Waals surface area contributed by atoms with Crippen molar-refractivity contribution in [1.29, 1.82) is 0 Å². The molecule has 0 spiro atoms. The third kappa shape index (κ3) is 2.65. The zero-order valence-corrected chi connectivity index (χ0v) is 11.0. The van der Waals surface area contributed by atoms with Crippen LogP contribution in [-0.2, 0) is 4.79 Å². The zero-order chi connectivity index (χ0) is 13.2. The lowest BCUT2D eigenvalue weighted by molar-refractivity contribution is -0.122. The molecule has 0 radical (unpaired) electrons. The van der Waals surface area contributed by atoms with Gasteiger partial charge in [-0.1, -0.05) is 17.7 Å². The fourth-order valence-electron chi connectivity index (χ4n) is 2.12. The van der Waals surface area contributed by atoms with Gasteiger partial charge >= 0.3 is 0 Å². The Bertz CT molecular complexity index is 438. The number of anilines is 1. The summed E-state index contributed by atoms with van der Waals surface area (Å²) >= 11 is 5.88. The molecule has 0 aromatic heterocycles. The van der Waals surface area contributed by atoms with Gasteiger partial charge in [0.25, 0.3) is 0 Å². The Morgan fingerprint density at radius 3 is 2.89 bits per heavy atom. The highest BCUT2D eigenvalue weighted by atomic mass is 35.5. The molecular weight excluding hydrogens is 255 g/mol. The van der Waals surface area contributed by atoms with Crippen molar-refractivity contribution in [3.63, 3.8) is 0 Å². The highest BCUT2D eigenvalue weighted by molar-refractivity contribution is 6.33. The molecule has 1 heterocycles. The summed E-state index contributed by atoms with van der Waals surface area (Å²) in [5.74, 6) is -0.760. The summed E-state index contributed by atoms with van der Waals surface area (Å²) in [4.78, 5) is 12.2. The molecule has 0 aliphatic carbocycles. The smallest absolute Gasteiger partial charge is 0.244 e. The van der Waals surface area contributed by atoms with E-state index in [1.807, 2.05) is 6.92 Å². The van der Waals surface area contributed by atoms with Gasteiger partial charge in [0.05, 0.1) is 16.2 Å². The Morgan fingerprint density at radius 1 is 1.50 bits per heavy atom. The van der Waals surface area contributed by atoms with Gasteiger partial charge in [-0.3, -0.25) is 4.79 Å². The molecule has 0 bridgehead atoms. The van der Waals surface area contributed by atoms with Crippen LogP contribution in [-0.4, -0.2) is 18.0 Å². The summed E-state index contributed by atoms with van der Waals surface area (Å²) in [7, 11) is 0. The van der Waals surface area contributed by atoms with Gasteiger partial charge in [0.15, 0.2) is 0 Å². The molecule has 1 amide bonds. The molecule has 0 saturated carbocycles. The molecule has 1 aliphatic rings. The van der Waals surface area contributed by atoms with Crippen molar-refractivity contribution in [3.05, 3.63) is 29.0 Å². The maximum Gasteiger partial charge on any atom is 0.244 e. The SMILES string of the molecule is CC1(C(=O)Nc2c(F)cccc2Cl)CCCCN1. The summed E-state index contributed by atoms with van der Waals surface area (Å²) in [6, 6.07) is 4.34. The van der Waals surface area contributed by atoms with Crippen molar-refractivity contribution >= 4 is 23.2 Å². The highest BCUT2D eigenvalue weighted by Crippen LogP contribution is 2.27. The number of carbonyl (C=O) groups is 1. The average molecular weight is 271 g/mol. The van der Waals surface area contributed by atoms with Gasteiger partial charge in [-0.05, 0) is 44.9 Å². The van der Waals surface area contributed by atoms with Crippen molar-refractivity contribution in [2.75, 3.05) is 11.9 Å². The number of nitrogens with one attached hydrogen (secondary N) is 2. The van der Waals surface area contributed by atoms with Crippen LogP contribution in [0.2, 0.25) is 5.02 Å². The number of rotatable bonds is 2. The number of hydrogen-bond acceptors (Lipinski definition) is 2. The van der Waals surface area contributed by atoms with Gasteiger partial charge in [-0.25, -0.2) is 4.39 Å². The first-order chi connectivity index (χ1) is 8.53. The molecule has 5 heteroatoms. The number of hydrogen-bond donors (Lipinski definition) is 2. The van der Waals surface area contributed by atoms with Crippen LogP contribution in [0.15, 0.2) is 18.2 Å². The number of amides is 1. The van der Waals surface area contributed by atoms with Crippen LogP contribution in [0.25, 0.3) is 0 Å². The molecule has 1 aromatic rings. The number of para-hydroxylation sites is 1. The topological polar surface area (TPSA) is 41.1 Å². The van der Waals surface area contributed by atoms with Crippen LogP contribution in [0, 0.1) is 5.82 Å². The number of carbonyl (C=O) groups excluding carboxylic acids is 1. The first-order valence-corrected chi connectivity index (χ1v) is 6.41. The van der Waals surface area contributed by atoms with Crippen LogP contribution in [0.4, 0.5) is 10.1 Å². The second-order valence-electron chi connectivity index (χ2n) is 4.77. The average Bonchev–Trinajstić information content (AvgIpc) is 2.34. The normalized spacial score (nSPS) is 23.7. The van der Waals surface area contributed by atoms with E-state index in [9.17, 15) is 9.18 Å². The molecule has 2 rings (SSSR count). The standard InChI is InChI=1S/C13H16ClFN2O/c1-13(7-2-3-8-16-13)12(18)17-11-9(14)5-4-6-10(11)15/h4-6,16H,2-3,7-8H2,1H3,(H,17,18). The van der Waals surface area contributed by atoms with E-state index >= 15 is 0 Å². The van der Waals surface area contributed by atoms with E-state index < -0.39 is 11.4 Å². The Labute approximate surface area is 111 Å². The van der Waals surface area contributed by atoms with Crippen molar-refractivity contribution in [2.45, 2.75) is 31.7 Å². The van der Waals surface area contributed by atoms with Crippen molar-refractivity contribution in [1.82, 2.24) is 5.32 Å². The quantitative estimate of drug-likeness (QED) is 0.868. The monoisotopic (exact) mass is 270 g/mol. The number of halogens is 2. The fraction of sp³-hybridized carbons (Fsp3) is 0.462. The molecule has 1 aromatic carbocycles. The first kappa shape index (κ1) is 13.3. The van der Waals surface area contributed by atoms with Crippen LogP contribution in [0.1, 0.15) is 26.2 Å². The van der Waals surface area contributed by atoms with E-state index in [2.05, 4.69) is 10.6 Å². The minimum absolute atomic E-state index is 0.0535. The zero-order valence-electron chi connectivity index (χ0n) is 10.2. The molecule has 1 atom stereocenters. The van der Waals surface area contributed by atoms with Gasteiger partial charge in [-0.15, -0.1) is 0 Å². The largest absolute Gasteiger partial charge is 0.321 e. The summed E-state index contributed by atoms with van der Waals surface area (Å²) in [6.45, 7) is 2.63. The Hall–Kier alpha value is -1.13. The predicted octanol–water partition coefficient (Wildman–Crippen LogP) is 2.95. The Balaban J connectivity index is 2.16. The van der Waals surface area contributed by atoms with E-state index in [0.717, 1.165) is 25.8 Å². The second-order valence-corrected chi connectivity index (χ2v) is 5.17. The lowest BCUT2D eigenvalue weighted by Crippen LogP contribution is -2.54. The van der Waals surface area contributed by atoms with Crippen molar-refractivity contribution in [3.8, 4) is 0 Å². The highest BCUT2D eigenvalue weighted by Gasteiger charge is 2.34. The molecule has 18 heavy (non-hydrogen) atoms. The van der Waals surface area contributed by atoms with Gasteiger partial charge < -0.3 is 10.6 Å². The Morgan fingerprint density at radius 2 is 2.28 bits per heavy atom. The molecular formula is C13H16ClFN2O. The van der Waals surface area contributed by atoms with E-state index in [0.29, 0.717) is 0 Å². The molecule has 1 fully saturated rings. The van der Waals surface area contributed by atoms with Gasteiger partial charge in [0.1, 0.15) is 5.82 Å². The van der Waals surface area contributed by atoms with E-state index in [-0.39, 0.29) is 16.6 Å². The molecule has 1 saturated heterocycles. The first-order valence-electron chi connectivity index (χ1n) is 6.03.